The summed E-state index contributed by atoms with van der Waals surface area (Å²) in [6, 6.07) is 6.03. The molecule has 1 aromatic carbocycles. The van der Waals surface area contributed by atoms with Gasteiger partial charge in [0.05, 0.1) is 11.8 Å². The fourth-order valence-electron chi connectivity index (χ4n) is 1.87. The molecule has 4 N–H and O–H groups in total. The van der Waals surface area contributed by atoms with E-state index < -0.39 is 22.3 Å². The Bertz CT molecular complexity index is 640. The molecule has 1 aromatic rings. The molecule has 22 heavy (non-hydrogen) atoms. The van der Waals surface area contributed by atoms with Gasteiger partial charge in [0.25, 0.3) is 0 Å². The van der Waals surface area contributed by atoms with E-state index in [0.29, 0.717) is 17.8 Å². The molecule has 0 fully saturated rings. The van der Waals surface area contributed by atoms with Gasteiger partial charge in [0.15, 0.2) is 0 Å². The van der Waals surface area contributed by atoms with Gasteiger partial charge in [-0.15, -0.1) is 0 Å². The molecule has 0 aliphatic carbocycles. The first-order chi connectivity index (χ1) is 10.3. The average molecular weight is 326 g/mol. The van der Waals surface area contributed by atoms with Crippen molar-refractivity contribution >= 4 is 21.4 Å². The highest BCUT2D eigenvalue weighted by Crippen LogP contribution is 2.25. The Hall–Kier alpha value is -1.82. The summed E-state index contributed by atoms with van der Waals surface area (Å²) >= 11 is 0. The van der Waals surface area contributed by atoms with E-state index in [4.69, 9.17) is 15.7 Å². The van der Waals surface area contributed by atoms with Crippen LogP contribution in [0.4, 0.5) is 11.4 Å². The normalized spacial score (nSPS) is 14.1. The van der Waals surface area contributed by atoms with Crippen LogP contribution in [0.3, 0.4) is 0 Å². The second-order valence-electron chi connectivity index (χ2n) is 4.87. The highest BCUT2D eigenvalue weighted by atomic mass is 32.2. The molecule has 0 aromatic heterocycles. The van der Waals surface area contributed by atoms with E-state index in [9.17, 15) is 8.42 Å². The maximum absolute atomic E-state index is 12.4. The van der Waals surface area contributed by atoms with Crippen LogP contribution in [0, 0.1) is 11.3 Å². The molecule has 122 valence electrons. The minimum atomic E-state index is -3.79. The van der Waals surface area contributed by atoms with Gasteiger partial charge in [-0.3, -0.25) is 0 Å². The van der Waals surface area contributed by atoms with Gasteiger partial charge in [-0.1, -0.05) is 13.3 Å². The first-order valence-electron chi connectivity index (χ1n) is 6.94. The Morgan fingerprint density at radius 2 is 2.14 bits per heavy atom. The number of benzene rings is 1. The molecular formula is C14H22N4O3S. The van der Waals surface area contributed by atoms with Gasteiger partial charge in [0.2, 0.25) is 10.0 Å². The predicted octanol–water partition coefficient (Wildman–Crippen LogP) is 1.64. The summed E-state index contributed by atoms with van der Waals surface area (Å²) in [5.41, 5.74) is 6.44. The minimum absolute atomic E-state index is 0.0296. The molecule has 0 amide bonds. The van der Waals surface area contributed by atoms with Gasteiger partial charge in [-0.05, 0) is 31.5 Å². The number of anilines is 2. The van der Waals surface area contributed by atoms with Crippen LogP contribution in [0.15, 0.2) is 23.1 Å². The van der Waals surface area contributed by atoms with Crippen LogP contribution in [0.5, 0.6) is 0 Å². The Kier molecular flexibility index (Phi) is 6.61. The molecule has 0 aliphatic rings. The van der Waals surface area contributed by atoms with Crippen LogP contribution < -0.4 is 15.8 Å². The van der Waals surface area contributed by atoms with Crippen molar-refractivity contribution in [3.63, 3.8) is 0 Å². The maximum atomic E-state index is 12.4. The monoisotopic (exact) mass is 326 g/mol. The van der Waals surface area contributed by atoms with Crippen molar-refractivity contribution in [2.45, 2.75) is 43.9 Å². The lowest BCUT2D eigenvalue weighted by molar-refractivity contribution is 0.109. The van der Waals surface area contributed by atoms with Crippen molar-refractivity contribution in [2.24, 2.45) is 0 Å². The lowest BCUT2D eigenvalue weighted by atomic mass is 10.1. The highest BCUT2D eigenvalue weighted by Gasteiger charge is 2.22. The summed E-state index contributed by atoms with van der Waals surface area (Å²) in [5, 5.41) is 12.1. The molecule has 1 rings (SSSR count). The Morgan fingerprint density at radius 1 is 1.45 bits per heavy atom. The number of hydrogen-bond acceptors (Lipinski definition) is 6. The third-order valence-corrected chi connectivity index (χ3v) is 4.61. The Labute approximate surface area is 131 Å². The Balaban J connectivity index is 3.18. The van der Waals surface area contributed by atoms with Crippen LogP contribution in [-0.2, 0) is 14.8 Å². The molecule has 2 atom stereocenters. The third kappa shape index (κ3) is 4.87. The third-order valence-electron chi connectivity index (χ3n) is 3.03. The topological polar surface area (TPSA) is 117 Å². The van der Waals surface area contributed by atoms with Crippen molar-refractivity contribution < 1.29 is 13.2 Å². The number of ether oxygens (including phenoxy) is 1. The van der Waals surface area contributed by atoms with Gasteiger partial charge >= 0.3 is 0 Å². The van der Waals surface area contributed by atoms with E-state index in [1.165, 1.54) is 25.3 Å². The minimum Gasteiger partial charge on any atom is -0.399 e. The van der Waals surface area contributed by atoms with Crippen molar-refractivity contribution in [3.8, 4) is 6.07 Å². The number of rotatable bonds is 8. The lowest BCUT2D eigenvalue weighted by Gasteiger charge is -2.18. The number of nitrogen functional groups attached to an aromatic ring is 1. The number of nitrogens with zero attached hydrogens (tertiary/aromatic N) is 1. The number of nitrogens with two attached hydrogens (primary N) is 1. The van der Waals surface area contributed by atoms with Crippen LogP contribution in [0.25, 0.3) is 0 Å². The zero-order chi connectivity index (χ0) is 16.8. The van der Waals surface area contributed by atoms with Crippen molar-refractivity contribution in [2.75, 3.05) is 18.2 Å². The van der Waals surface area contributed by atoms with Gasteiger partial charge in [0.1, 0.15) is 17.2 Å². The van der Waals surface area contributed by atoms with E-state index in [1.54, 1.807) is 6.92 Å². The van der Waals surface area contributed by atoms with E-state index in [1.807, 2.05) is 6.92 Å². The van der Waals surface area contributed by atoms with Crippen LogP contribution in [0.2, 0.25) is 0 Å². The Morgan fingerprint density at radius 3 is 2.68 bits per heavy atom. The summed E-state index contributed by atoms with van der Waals surface area (Å²) in [7, 11) is -2.39. The quantitative estimate of drug-likeness (QED) is 0.494. The van der Waals surface area contributed by atoms with Gasteiger partial charge in [-0.2, -0.15) is 9.98 Å². The van der Waals surface area contributed by atoms with Crippen molar-refractivity contribution in [1.82, 2.24) is 4.72 Å². The summed E-state index contributed by atoms with van der Waals surface area (Å²) < 4.78 is 32.1. The summed E-state index contributed by atoms with van der Waals surface area (Å²) in [5.74, 6) is 0. The fraction of sp³-hybridized carbons (Fsp3) is 0.500. The first-order valence-corrected chi connectivity index (χ1v) is 8.43. The molecule has 0 saturated carbocycles. The van der Waals surface area contributed by atoms with E-state index in [2.05, 4.69) is 16.1 Å². The molecule has 8 heteroatoms. The molecule has 0 heterocycles. The van der Waals surface area contributed by atoms with Crippen LogP contribution in [0.1, 0.15) is 26.7 Å². The summed E-state index contributed by atoms with van der Waals surface area (Å²) in [6.45, 7) is 3.53. The molecule has 0 radical (unpaired) electrons. The second-order valence-corrected chi connectivity index (χ2v) is 6.55. The van der Waals surface area contributed by atoms with Crippen molar-refractivity contribution in [3.05, 3.63) is 18.2 Å². The standard InChI is InChI=1S/C14H22N4O3S/c1-4-5-12(9-15)17-13-8-11(16)6-7-14(13)22(19,20)18-10(2)21-3/h6-8,10,12,17-18H,4-5,16H2,1-3H3. The number of methoxy groups -OCH3 is 1. The van der Waals surface area contributed by atoms with Gasteiger partial charge in [0, 0.05) is 12.8 Å². The van der Waals surface area contributed by atoms with Crippen molar-refractivity contribution in [1.29, 1.82) is 5.26 Å². The van der Waals surface area contributed by atoms with Gasteiger partial charge in [-0.25, -0.2) is 8.42 Å². The largest absolute Gasteiger partial charge is 0.399 e. The van der Waals surface area contributed by atoms with E-state index in [0.717, 1.165) is 6.42 Å². The van der Waals surface area contributed by atoms with Crippen LogP contribution in [-0.4, -0.2) is 27.8 Å². The number of hydrogen-bond donors (Lipinski definition) is 3. The second kappa shape index (κ2) is 7.98. The zero-order valence-corrected chi connectivity index (χ0v) is 13.8. The van der Waals surface area contributed by atoms with Crippen LogP contribution >= 0.6 is 0 Å². The molecule has 0 spiro atoms. The molecule has 0 bridgehead atoms. The molecule has 7 nitrogen and oxygen atoms in total. The molecule has 2 unspecified atom stereocenters. The number of sulfonamides is 1. The SMILES string of the molecule is CCCC(C#N)Nc1cc(N)ccc1S(=O)(=O)NC(C)OC. The predicted molar refractivity (Wildman–Crippen MR) is 85.6 cm³/mol. The summed E-state index contributed by atoms with van der Waals surface area (Å²) in [6.07, 6.45) is 0.735. The number of nitrogens with one attached hydrogen (secondary N) is 2. The van der Waals surface area contributed by atoms with Gasteiger partial charge < -0.3 is 15.8 Å². The number of nitriles is 1. The molecule has 0 saturated heterocycles. The molecular weight excluding hydrogens is 304 g/mol. The molecule has 0 aliphatic heterocycles. The smallest absolute Gasteiger partial charge is 0.244 e. The highest BCUT2D eigenvalue weighted by molar-refractivity contribution is 7.89. The summed E-state index contributed by atoms with van der Waals surface area (Å²) in [4.78, 5) is 0.0296. The van der Waals surface area contributed by atoms with E-state index >= 15 is 0 Å². The van der Waals surface area contributed by atoms with E-state index in [-0.39, 0.29) is 4.90 Å². The fourth-order valence-corrected chi connectivity index (χ4v) is 3.18. The zero-order valence-electron chi connectivity index (χ0n) is 13.0. The lowest BCUT2D eigenvalue weighted by Crippen LogP contribution is -2.34. The average Bonchev–Trinajstić information content (AvgIpc) is 2.45. The maximum Gasteiger partial charge on any atom is 0.244 e. The first kappa shape index (κ1) is 18.2.